The predicted octanol–water partition coefficient (Wildman–Crippen LogP) is 2.46. The van der Waals surface area contributed by atoms with Crippen LogP contribution in [0.25, 0.3) is 0 Å². The van der Waals surface area contributed by atoms with E-state index in [9.17, 15) is 0 Å². The minimum Gasteiger partial charge on any atom is -0.374 e. The summed E-state index contributed by atoms with van der Waals surface area (Å²) < 4.78 is 0. The summed E-state index contributed by atoms with van der Waals surface area (Å²) >= 11 is 0. The van der Waals surface area contributed by atoms with Gasteiger partial charge in [0.25, 0.3) is 0 Å². The number of aliphatic hydroxyl groups excluding tert-OH is 1. The molecule has 0 fully saturated rings. The second-order valence-electron chi connectivity index (χ2n) is 2.19. The van der Waals surface area contributed by atoms with E-state index in [0.717, 1.165) is 5.69 Å². The highest BCUT2D eigenvalue weighted by atomic mass is 16.3. The quantitative estimate of drug-likeness (QED) is 0.663. The molecule has 1 unspecified atom stereocenters. The minimum absolute atomic E-state index is 0.484. The summed E-state index contributed by atoms with van der Waals surface area (Å²) in [6.07, 6.45) is -0.484. The molecule has 0 bridgehead atoms. The fourth-order valence-electron chi connectivity index (χ4n) is 0.776. The van der Waals surface area contributed by atoms with Crippen molar-refractivity contribution in [2.75, 3.05) is 5.32 Å². The van der Waals surface area contributed by atoms with Gasteiger partial charge >= 0.3 is 0 Å². The van der Waals surface area contributed by atoms with Crippen molar-refractivity contribution in [2.24, 2.45) is 0 Å². The van der Waals surface area contributed by atoms with Gasteiger partial charge in [-0.3, -0.25) is 0 Å². The van der Waals surface area contributed by atoms with Crippen molar-refractivity contribution < 1.29 is 5.11 Å². The Morgan fingerprint density at radius 3 is 2.08 bits per heavy atom. The number of hydrogen-bond donors (Lipinski definition) is 2. The molecule has 0 heterocycles. The lowest BCUT2D eigenvalue weighted by molar-refractivity contribution is 0.224. The van der Waals surface area contributed by atoms with Crippen LogP contribution in [0, 0.1) is 0 Å². The highest BCUT2D eigenvalue weighted by molar-refractivity contribution is 5.42. The van der Waals surface area contributed by atoms with E-state index in [1.54, 1.807) is 6.92 Å². The number of para-hydroxylation sites is 1. The highest BCUT2D eigenvalue weighted by Gasteiger charge is 1.91. The second kappa shape index (κ2) is 6.68. The van der Waals surface area contributed by atoms with Crippen LogP contribution in [0.1, 0.15) is 20.8 Å². The lowest BCUT2D eigenvalue weighted by Crippen LogP contribution is -2.12. The SMILES string of the molecule is CC.CC(O)Nc1ccccc1. The normalized spacial score (nSPS) is 11.0. The van der Waals surface area contributed by atoms with Gasteiger partial charge in [-0.1, -0.05) is 32.0 Å². The largest absolute Gasteiger partial charge is 0.374 e. The third kappa shape index (κ3) is 4.74. The van der Waals surface area contributed by atoms with Crippen LogP contribution in [-0.4, -0.2) is 11.3 Å². The van der Waals surface area contributed by atoms with Crippen molar-refractivity contribution in [3.05, 3.63) is 30.3 Å². The van der Waals surface area contributed by atoms with Gasteiger partial charge in [0.15, 0.2) is 0 Å². The van der Waals surface area contributed by atoms with Crippen molar-refractivity contribution in [3.8, 4) is 0 Å². The molecule has 68 valence electrons. The fourth-order valence-corrected chi connectivity index (χ4v) is 0.776. The molecule has 1 rings (SSSR count). The number of nitrogens with one attached hydrogen (secondary N) is 1. The van der Waals surface area contributed by atoms with Crippen LogP contribution in [-0.2, 0) is 0 Å². The molecule has 0 radical (unpaired) electrons. The number of hydrogen-bond acceptors (Lipinski definition) is 2. The molecule has 0 saturated heterocycles. The first-order valence-corrected chi connectivity index (χ1v) is 4.28. The predicted molar refractivity (Wildman–Crippen MR) is 53.1 cm³/mol. The Bertz CT molecular complexity index is 184. The first-order chi connectivity index (χ1) is 5.79. The van der Waals surface area contributed by atoms with E-state index in [1.165, 1.54) is 0 Å². The topological polar surface area (TPSA) is 32.3 Å². The van der Waals surface area contributed by atoms with Crippen LogP contribution < -0.4 is 5.32 Å². The highest BCUT2D eigenvalue weighted by Crippen LogP contribution is 2.04. The third-order valence-electron chi connectivity index (χ3n) is 1.15. The maximum atomic E-state index is 8.89. The summed E-state index contributed by atoms with van der Waals surface area (Å²) in [5, 5.41) is 11.8. The number of benzene rings is 1. The van der Waals surface area contributed by atoms with Crippen LogP contribution in [0.5, 0.6) is 0 Å². The van der Waals surface area contributed by atoms with E-state index in [-0.39, 0.29) is 0 Å². The van der Waals surface area contributed by atoms with Gasteiger partial charge in [-0.2, -0.15) is 0 Å². The maximum Gasteiger partial charge on any atom is 0.121 e. The zero-order valence-electron chi connectivity index (χ0n) is 7.91. The second-order valence-corrected chi connectivity index (χ2v) is 2.19. The fraction of sp³-hybridized carbons (Fsp3) is 0.400. The summed E-state index contributed by atoms with van der Waals surface area (Å²) in [4.78, 5) is 0. The lowest BCUT2D eigenvalue weighted by atomic mass is 10.3. The Kier molecular flexibility index (Phi) is 6.11. The van der Waals surface area contributed by atoms with Crippen molar-refractivity contribution >= 4 is 5.69 Å². The maximum absolute atomic E-state index is 8.89. The summed E-state index contributed by atoms with van der Waals surface area (Å²) in [5.74, 6) is 0. The zero-order chi connectivity index (χ0) is 9.40. The molecule has 12 heavy (non-hydrogen) atoms. The number of aliphatic hydroxyl groups is 1. The Morgan fingerprint density at radius 1 is 1.17 bits per heavy atom. The molecule has 0 amide bonds. The van der Waals surface area contributed by atoms with E-state index in [0.29, 0.717) is 0 Å². The van der Waals surface area contributed by atoms with Crippen LogP contribution in [0.4, 0.5) is 5.69 Å². The lowest BCUT2D eigenvalue weighted by Gasteiger charge is -2.07. The van der Waals surface area contributed by atoms with E-state index in [1.807, 2.05) is 44.2 Å². The molecule has 1 aromatic rings. The van der Waals surface area contributed by atoms with Crippen LogP contribution >= 0.6 is 0 Å². The van der Waals surface area contributed by atoms with Gasteiger partial charge in [0, 0.05) is 5.69 Å². The molecule has 0 aliphatic rings. The molecule has 0 aliphatic heterocycles. The van der Waals surface area contributed by atoms with E-state index in [2.05, 4.69) is 5.32 Å². The monoisotopic (exact) mass is 167 g/mol. The van der Waals surface area contributed by atoms with Gasteiger partial charge in [-0.25, -0.2) is 0 Å². The molecule has 0 aromatic heterocycles. The first-order valence-electron chi connectivity index (χ1n) is 4.28. The summed E-state index contributed by atoms with van der Waals surface area (Å²) in [6.45, 7) is 5.69. The average molecular weight is 167 g/mol. The van der Waals surface area contributed by atoms with Crippen molar-refractivity contribution in [2.45, 2.75) is 27.0 Å². The molecule has 2 nitrogen and oxygen atoms in total. The van der Waals surface area contributed by atoms with Gasteiger partial charge < -0.3 is 10.4 Å². The first kappa shape index (κ1) is 11.0. The van der Waals surface area contributed by atoms with Gasteiger partial charge in [0.05, 0.1) is 0 Å². The van der Waals surface area contributed by atoms with E-state index in [4.69, 9.17) is 5.11 Å². The van der Waals surface area contributed by atoms with Crippen molar-refractivity contribution in [3.63, 3.8) is 0 Å². The van der Waals surface area contributed by atoms with Crippen LogP contribution in [0.3, 0.4) is 0 Å². The van der Waals surface area contributed by atoms with Crippen LogP contribution in [0.2, 0.25) is 0 Å². The number of anilines is 1. The summed E-state index contributed by atoms with van der Waals surface area (Å²) in [7, 11) is 0. The van der Waals surface area contributed by atoms with E-state index < -0.39 is 6.23 Å². The Balaban J connectivity index is 0.000000561. The molecule has 1 atom stereocenters. The number of rotatable bonds is 2. The van der Waals surface area contributed by atoms with Gasteiger partial charge in [-0.05, 0) is 19.1 Å². The molecule has 0 aliphatic carbocycles. The van der Waals surface area contributed by atoms with E-state index >= 15 is 0 Å². The molecule has 2 N–H and O–H groups in total. The minimum atomic E-state index is -0.484. The van der Waals surface area contributed by atoms with Crippen LogP contribution in [0.15, 0.2) is 30.3 Å². The van der Waals surface area contributed by atoms with Crippen molar-refractivity contribution in [1.29, 1.82) is 0 Å². The average Bonchev–Trinajstić information content (AvgIpc) is 2.08. The third-order valence-corrected chi connectivity index (χ3v) is 1.15. The molecule has 1 aromatic carbocycles. The van der Waals surface area contributed by atoms with Gasteiger partial charge in [0.2, 0.25) is 0 Å². The standard InChI is InChI=1S/C8H11NO.C2H6/c1-7(10)9-8-5-3-2-4-6-8;1-2/h2-7,9-10H,1H3;1-2H3. The molecule has 0 spiro atoms. The summed E-state index contributed by atoms with van der Waals surface area (Å²) in [5.41, 5.74) is 0.942. The van der Waals surface area contributed by atoms with Crippen molar-refractivity contribution in [1.82, 2.24) is 0 Å². The Labute approximate surface area is 74.2 Å². The smallest absolute Gasteiger partial charge is 0.121 e. The van der Waals surface area contributed by atoms with Gasteiger partial charge in [0.1, 0.15) is 6.23 Å². The summed E-state index contributed by atoms with van der Waals surface area (Å²) in [6, 6.07) is 9.60. The molecule has 0 saturated carbocycles. The molecular formula is C10H17NO. The zero-order valence-corrected chi connectivity index (χ0v) is 7.91. The Morgan fingerprint density at radius 2 is 1.67 bits per heavy atom. The molecule has 2 heteroatoms. The Hall–Kier alpha value is -1.02. The van der Waals surface area contributed by atoms with Gasteiger partial charge in [-0.15, -0.1) is 0 Å². The molecular weight excluding hydrogens is 150 g/mol.